The van der Waals surface area contributed by atoms with Gasteiger partial charge < -0.3 is 9.53 Å². The second kappa shape index (κ2) is 9.30. The topological polar surface area (TPSA) is 92.7 Å². The van der Waals surface area contributed by atoms with Crippen molar-refractivity contribution < 1.29 is 22.7 Å². The highest BCUT2D eigenvalue weighted by atomic mass is 32.2. The smallest absolute Gasteiger partial charge is 0.335 e. The molecule has 2 aromatic carbocycles. The van der Waals surface area contributed by atoms with Crippen LogP contribution in [0.3, 0.4) is 0 Å². The average molecular weight is 506 g/mol. The van der Waals surface area contributed by atoms with E-state index in [1.165, 1.54) is 11.3 Å². The number of nitrogens with one attached hydrogen (secondary N) is 1. The van der Waals surface area contributed by atoms with Gasteiger partial charge in [-0.25, -0.2) is 17.9 Å². The van der Waals surface area contributed by atoms with Gasteiger partial charge in [0.25, 0.3) is 0 Å². The molecular weight excluding hydrogens is 474 g/mol. The number of rotatable bonds is 8. The van der Waals surface area contributed by atoms with E-state index in [1.807, 2.05) is 25.1 Å². The Morgan fingerprint density at radius 3 is 2.27 bits per heavy atom. The minimum absolute atomic E-state index is 0.0690. The van der Waals surface area contributed by atoms with E-state index in [1.54, 1.807) is 24.3 Å². The maximum atomic E-state index is 13.0. The second-order valence-corrected chi connectivity index (χ2v) is 17.4. The number of benzene rings is 2. The summed E-state index contributed by atoms with van der Waals surface area (Å²) < 4.78 is 36.0. The molecule has 0 spiro atoms. The van der Waals surface area contributed by atoms with E-state index in [2.05, 4.69) is 38.6 Å². The van der Waals surface area contributed by atoms with Gasteiger partial charge in [0, 0.05) is 17.9 Å². The van der Waals surface area contributed by atoms with E-state index in [-0.39, 0.29) is 17.1 Å². The van der Waals surface area contributed by atoms with Crippen molar-refractivity contribution in [3.8, 4) is 11.1 Å². The first-order chi connectivity index (χ1) is 15.2. The summed E-state index contributed by atoms with van der Waals surface area (Å²) in [5.74, 6) is -0.970. The summed E-state index contributed by atoms with van der Waals surface area (Å²) in [7, 11) is -5.59. The monoisotopic (exact) mass is 505 g/mol. The van der Waals surface area contributed by atoms with Crippen LogP contribution >= 0.6 is 11.3 Å². The fourth-order valence-electron chi connectivity index (χ4n) is 3.20. The number of carbonyl (C=O) groups is 1. The predicted molar refractivity (Wildman–Crippen MR) is 137 cm³/mol. The van der Waals surface area contributed by atoms with Gasteiger partial charge in [-0.05, 0) is 71.4 Å². The molecule has 0 aliphatic heterocycles. The number of carboxylic acids is 1. The number of hydrogen-bond donors (Lipinski definition) is 2. The van der Waals surface area contributed by atoms with Crippen molar-refractivity contribution in [3.05, 3.63) is 53.6 Å². The third kappa shape index (κ3) is 5.55. The maximum Gasteiger partial charge on any atom is 0.335 e. The number of thiophene rings is 1. The third-order valence-corrected chi connectivity index (χ3v) is 14.2. The van der Waals surface area contributed by atoms with E-state index < -0.39 is 24.3 Å². The van der Waals surface area contributed by atoms with Crippen LogP contribution in [0.1, 0.15) is 36.7 Å². The van der Waals surface area contributed by atoms with Gasteiger partial charge >= 0.3 is 5.97 Å². The van der Waals surface area contributed by atoms with Crippen LogP contribution < -0.4 is 4.72 Å². The molecule has 0 amide bonds. The van der Waals surface area contributed by atoms with Gasteiger partial charge in [-0.2, -0.15) is 0 Å². The molecule has 178 valence electrons. The quantitative estimate of drug-likeness (QED) is 0.295. The molecule has 0 bridgehead atoms. The summed E-state index contributed by atoms with van der Waals surface area (Å²) in [6.07, 6.45) is 0. The Morgan fingerprint density at radius 1 is 1.09 bits per heavy atom. The highest BCUT2D eigenvalue weighted by Gasteiger charge is 2.37. The van der Waals surface area contributed by atoms with Crippen molar-refractivity contribution in [2.75, 3.05) is 13.2 Å². The number of fused-ring (bicyclic) bond motifs is 1. The van der Waals surface area contributed by atoms with Crippen molar-refractivity contribution in [1.29, 1.82) is 0 Å². The lowest BCUT2D eigenvalue weighted by Crippen LogP contribution is -2.42. The highest BCUT2D eigenvalue weighted by molar-refractivity contribution is 7.91. The van der Waals surface area contributed by atoms with Crippen LogP contribution in [0.25, 0.3) is 21.2 Å². The largest absolute Gasteiger partial charge is 0.478 e. The predicted octanol–water partition coefficient (Wildman–Crippen LogP) is 5.88. The minimum Gasteiger partial charge on any atom is -0.478 e. The Balaban J connectivity index is 1.79. The molecule has 3 aromatic rings. The molecule has 1 aromatic heterocycles. The maximum absolute atomic E-state index is 13.0. The Hall–Kier alpha value is -2.04. The molecule has 2 N–H and O–H groups in total. The normalized spacial score (nSPS) is 12.9. The average Bonchev–Trinajstić information content (AvgIpc) is 3.07. The standard InChI is InChI=1S/C24H31NO5S2Si/c1-16-20-15-19(17-7-9-18(10-8-17)22(26)27)11-12-21(20)31-23(16)32(28,29)25-13-14-30-33(5,6)24(2,3)4/h7-12,15,25H,13-14H2,1-6H3,(H,26,27). The van der Waals surface area contributed by atoms with Gasteiger partial charge in [0.15, 0.2) is 8.32 Å². The molecule has 0 fully saturated rings. The fourth-order valence-corrected chi connectivity index (χ4v) is 7.05. The molecule has 0 saturated heterocycles. The van der Waals surface area contributed by atoms with Crippen molar-refractivity contribution in [2.24, 2.45) is 0 Å². The zero-order valence-electron chi connectivity index (χ0n) is 19.9. The molecule has 1 heterocycles. The lowest BCUT2D eigenvalue weighted by atomic mass is 10.0. The van der Waals surface area contributed by atoms with Crippen molar-refractivity contribution in [2.45, 2.75) is 50.0 Å². The Kier molecular flexibility index (Phi) is 7.21. The molecule has 33 heavy (non-hydrogen) atoms. The fraction of sp³-hybridized carbons (Fsp3) is 0.375. The van der Waals surface area contributed by atoms with Gasteiger partial charge in [0.05, 0.1) is 5.56 Å². The highest BCUT2D eigenvalue weighted by Crippen LogP contribution is 2.37. The van der Waals surface area contributed by atoms with Crippen LogP contribution in [0.4, 0.5) is 0 Å². The van der Waals surface area contributed by atoms with Gasteiger partial charge in [-0.1, -0.05) is 39.0 Å². The summed E-state index contributed by atoms with van der Waals surface area (Å²) >= 11 is 1.25. The molecule has 9 heteroatoms. The molecule has 6 nitrogen and oxygen atoms in total. The van der Waals surface area contributed by atoms with Crippen LogP contribution in [-0.2, 0) is 14.4 Å². The van der Waals surface area contributed by atoms with Crippen LogP contribution in [0.2, 0.25) is 18.1 Å². The molecule has 0 atom stereocenters. The second-order valence-electron chi connectivity index (χ2n) is 9.61. The molecule has 0 radical (unpaired) electrons. The van der Waals surface area contributed by atoms with Gasteiger partial charge in [-0.15, -0.1) is 11.3 Å². The summed E-state index contributed by atoms with van der Waals surface area (Å²) in [5, 5.41) is 10.0. The van der Waals surface area contributed by atoms with E-state index in [9.17, 15) is 13.2 Å². The Labute approximate surface area is 200 Å². The van der Waals surface area contributed by atoms with Crippen LogP contribution in [-0.4, -0.2) is 41.0 Å². The molecule has 0 unspecified atom stereocenters. The number of aromatic carboxylic acids is 1. The van der Waals surface area contributed by atoms with Crippen LogP contribution in [0.15, 0.2) is 46.7 Å². The first-order valence-electron chi connectivity index (χ1n) is 10.7. The minimum atomic E-state index is -3.66. The first kappa shape index (κ1) is 25.6. The molecule has 0 aliphatic carbocycles. The molecule has 0 saturated carbocycles. The van der Waals surface area contributed by atoms with Crippen molar-refractivity contribution in [1.82, 2.24) is 4.72 Å². The lowest BCUT2D eigenvalue weighted by molar-refractivity contribution is 0.0697. The zero-order valence-corrected chi connectivity index (χ0v) is 22.5. The summed E-state index contributed by atoms with van der Waals surface area (Å²) in [5.41, 5.74) is 2.71. The Bertz CT molecular complexity index is 1270. The van der Waals surface area contributed by atoms with Crippen LogP contribution in [0, 0.1) is 6.92 Å². The van der Waals surface area contributed by atoms with E-state index in [4.69, 9.17) is 9.53 Å². The third-order valence-electron chi connectivity index (χ3n) is 6.26. The summed E-state index contributed by atoms with van der Waals surface area (Å²) in [6.45, 7) is 13.1. The van der Waals surface area contributed by atoms with Crippen molar-refractivity contribution in [3.63, 3.8) is 0 Å². The molecular formula is C24H31NO5S2Si. The number of carboxylic acid groups (broad SMARTS) is 1. The van der Waals surface area contributed by atoms with E-state index >= 15 is 0 Å². The zero-order chi connectivity index (χ0) is 24.6. The number of aryl methyl sites for hydroxylation is 1. The molecule has 0 aliphatic rings. The van der Waals surface area contributed by atoms with Crippen molar-refractivity contribution >= 4 is 45.7 Å². The van der Waals surface area contributed by atoms with Gasteiger partial charge in [-0.3, -0.25) is 0 Å². The SMILES string of the molecule is Cc1c(S(=O)(=O)NCCO[Si](C)(C)C(C)(C)C)sc2ccc(-c3ccc(C(=O)O)cc3)cc12. The van der Waals surface area contributed by atoms with Crippen LogP contribution in [0.5, 0.6) is 0 Å². The summed E-state index contributed by atoms with van der Waals surface area (Å²) in [6, 6.07) is 12.4. The lowest BCUT2D eigenvalue weighted by Gasteiger charge is -2.36. The number of hydrogen-bond acceptors (Lipinski definition) is 5. The number of sulfonamides is 1. The van der Waals surface area contributed by atoms with E-state index in [0.29, 0.717) is 16.4 Å². The first-order valence-corrected chi connectivity index (χ1v) is 15.9. The molecule has 3 rings (SSSR count). The van der Waals surface area contributed by atoms with Gasteiger partial charge in [0.2, 0.25) is 10.0 Å². The Morgan fingerprint density at radius 2 is 1.70 bits per heavy atom. The van der Waals surface area contributed by atoms with E-state index in [0.717, 1.165) is 21.2 Å². The van der Waals surface area contributed by atoms with Gasteiger partial charge in [0.1, 0.15) is 4.21 Å². The summed E-state index contributed by atoms with van der Waals surface area (Å²) in [4.78, 5) is 11.1.